The van der Waals surface area contributed by atoms with E-state index in [4.69, 9.17) is 14.1 Å². The molecule has 0 saturated heterocycles. The van der Waals surface area contributed by atoms with Gasteiger partial charge in [0.05, 0.1) is 12.5 Å². The van der Waals surface area contributed by atoms with E-state index in [-0.39, 0.29) is 0 Å². The van der Waals surface area contributed by atoms with E-state index in [1.807, 2.05) is 13.8 Å². The van der Waals surface area contributed by atoms with Crippen LogP contribution < -0.4 is 0 Å². The van der Waals surface area contributed by atoms with Gasteiger partial charge >= 0.3 is 0 Å². The Bertz CT molecular complexity index is 557. The third kappa shape index (κ3) is 1.75. The molecule has 2 heterocycles. The SMILES string of the molecule is Cc1oc(/N=C\c2ccco2)c(C#N)c1C. The second-order valence-corrected chi connectivity index (χ2v) is 3.35. The Labute approximate surface area is 92.8 Å². The zero-order chi connectivity index (χ0) is 11.5. The highest BCUT2D eigenvalue weighted by molar-refractivity contribution is 5.78. The van der Waals surface area contributed by atoms with Crippen LogP contribution in [0.5, 0.6) is 0 Å². The quantitative estimate of drug-likeness (QED) is 0.721. The van der Waals surface area contributed by atoms with Gasteiger partial charge in [-0.2, -0.15) is 5.26 Å². The van der Waals surface area contributed by atoms with Crippen LogP contribution in [0.4, 0.5) is 5.88 Å². The first-order chi connectivity index (χ1) is 7.72. The highest BCUT2D eigenvalue weighted by Gasteiger charge is 2.12. The number of aryl methyl sites for hydroxylation is 1. The normalized spacial score (nSPS) is 10.8. The Balaban J connectivity index is 2.36. The van der Waals surface area contributed by atoms with E-state index in [9.17, 15) is 0 Å². The third-order valence-corrected chi connectivity index (χ3v) is 2.33. The summed E-state index contributed by atoms with van der Waals surface area (Å²) in [6.45, 7) is 3.64. The highest BCUT2D eigenvalue weighted by atomic mass is 16.4. The van der Waals surface area contributed by atoms with Crippen LogP contribution >= 0.6 is 0 Å². The van der Waals surface area contributed by atoms with E-state index in [0.717, 1.165) is 5.56 Å². The Hall–Kier alpha value is -2.28. The van der Waals surface area contributed by atoms with Crippen molar-refractivity contribution in [3.8, 4) is 6.07 Å². The molecule has 0 aliphatic heterocycles. The fourth-order valence-corrected chi connectivity index (χ4v) is 1.32. The molecule has 2 aromatic rings. The third-order valence-electron chi connectivity index (χ3n) is 2.33. The molecular weight excluding hydrogens is 204 g/mol. The molecule has 0 saturated carbocycles. The molecule has 4 heteroatoms. The van der Waals surface area contributed by atoms with Crippen LogP contribution in [0.15, 0.2) is 32.2 Å². The summed E-state index contributed by atoms with van der Waals surface area (Å²) < 4.78 is 10.5. The molecule has 0 unspecified atom stereocenters. The van der Waals surface area contributed by atoms with Crippen LogP contribution in [0, 0.1) is 25.2 Å². The average Bonchev–Trinajstić information content (AvgIpc) is 2.86. The van der Waals surface area contributed by atoms with Crippen LogP contribution in [-0.2, 0) is 0 Å². The molecule has 0 fully saturated rings. The maximum atomic E-state index is 8.96. The highest BCUT2D eigenvalue weighted by Crippen LogP contribution is 2.27. The number of aliphatic imine (C=N–C) groups is 1. The number of hydrogen-bond acceptors (Lipinski definition) is 4. The van der Waals surface area contributed by atoms with Gasteiger partial charge in [-0.15, -0.1) is 0 Å². The topological polar surface area (TPSA) is 62.4 Å². The van der Waals surface area contributed by atoms with Gasteiger partial charge in [-0.3, -0.25) is 0 Å². The van der Waals surface area contributed by atoms with Crippen LogP contribution in [0.2, 0.25) is 0 Å². The molecule has 0 aromatic carbocycles. The summed E-state index contributed by atoms with van der Waals surface area (Å²) in [5.74, 6) is 1.66. The second-order valence-electron chi connectivity index (χ2n) is 3.35. The molecule has 0 bridgehead atoms. The number of nitrogens with zero attached hydrogens (tertiary/aromatic N) is 2. The number of hydrogen-bond donors (Lipinski definition) is 0. The van der Waals surface area contributed by atoms with Crippen LogP contribution in [0.25, 0.3) is 0 Å². The number of rotatable bonds is 2. The van der Waals surface area contributed by atoms with Gasteiger partial charge in [-0.25, -0.2) is 4.99 Å². The molecule has 0 radical (unpaired) electrons. The lowest BCUT2D eigenvalue weighted by Crippen LogP contribution is -1.77. The fourth-order valence-electron chi connectivity index (χ4n) is 1.32. The van der Waals surface area contributed by atoms with E-state index < -0.39 is 0 Å². The molecule has 0 amide bonds. The van der Waals surface area contributed by atoms with Crippen molar-refractivity contribution >= 4 is 12.1 Å². The fraction of sp³-hybridized carbons (Fsp3) is 0.167. The van der Waals surface area contributed by atoms with Crippen molar-refractivity contribution in [1.82, 2.24) is 0 Å². The maximum Gasteiger partial charge on any atom is 0.237 e. The summed E-state index contributed by atoms with van der Waals surface area (Å²) in [4.78, 5) is 4.09. The standard InChI is InChI=1S/C12H10N2O2/c1-8-9(2)16-12(11(8)6-13)14-7-10-4-3-5-15-10/h3-5,7H,1-2H3/b14-7-. The smallest absolute Gasteiger partial charge is 0.237 e. The first-order valence-corrected chi connectivity index (χ1v) is 4.80. The predicted molar refractivity (Wildman–Crippen MR) is 58.9 cm³/mol. The Morgan fingerprint density at radius 2 is 2.25 bits per heavy atom. The van der Waals surface area contributed by atoms with Gasteiger partial charge in [0, 0.05) is 5.56 Å². The van der Waals surface area contributed by atoms with E-state index >= 15 is 0 Å². The zero-order valence-electron chi connectivity index (χ0n) is 9.02. The molecule has 16 heavy (non-hydrogen) atoms. The summed E-state index contributed by atoms with van der Waals surface area (Å²) in [6.07, 6.45) is 3.09. The van der Waals surface area contributed by atoms with Gasteiger partial charge < -0.3 is 8.83 Å². The molecule has 4 nitrogen and oxygen atoms in total. The minimum Gasteiger partial charge on any atom is -0.463 e. The van der Waals surface area contributed by atoms with Gasteiger partial charge in [-0.05, 0) is 26.0 Å². The first kappa shape index (κ1) is 10.2. The lowest BCUT2D eigenvalue weighted by atomic mass is 10.2. The largest absolute Gasteiger partial charge is 0.463 e. The maximum absolute atomic E-state index is 8.96. The molecule has 2 rings (SSSR count). The van der Waals surface area contributed by atoms with Crippen molar-refractivity contribution in [1.29, 1.82) is 5.26 Å². The average molecular weight is 214 g/mol. The lowest BCUT2D eigenvalue weighted by molar-refractivity contribution is 0.540. The van der Waals surface area contributed by atoms with Crippen LogP contribution in [0.1, 0.15) is 22.6 Å². The van der Waals surface area contributed by atoms with Gasteiger partial charge in [0.15, 0.2) is 0 Å². The van der Waals surface area contributed by atoms with Gasteiger partial charge in [0.1, 0.15) is 23.2 Å². The van der Waals surface area contributed by atoms with Crippen molar-refractivity contribution in [2.75, 3.05) is 0 Å². The number of nitriles is 1. The second kappa shape index (κ2) is 4.07. The van der Waals surface area contributed by atoms with Gasteiger partial charge in [-0.1, -0.05) is 0 Å². The molecule has 2 aromatic heterocycles. The molecule has 0 aliphatic rings. The van der Waals surface area contributed by atoms with Crippen LogP contribution in [-0.4, -0.2) is 6.21 Å². The Morgan fingerprint density at radius 1 is 1.44 bits per heavy atom. The summed E-state index contributed by atoms with van der Waals surface area (Å²) in [7, 11) is 0. The van der Waals surface area contributed by atoms with E-state index in [2.05, 4.69) is 11.1 Å². The minimum atomic E-state index is 0.328. The summed E-state index contributed by atoms with van der Waals surface area (Å²) in [5.41, 5.74) is 1.30. The minimum absolute atomic E-state index is 0.328. The predicted octanol–water partition coefficient (Wildman–Crippen LogP) is 3.11. The van der Waals surface area contributed by atoms with Gasteiger partial charge in [0.2, 0.25) is 5.88 Å². The van der Waals surface area contributed by atoms with Crippen molar-refractivity contribution in [3.63, 3.8) is 0 Å². The van der Waals surface area contributed by atoms with E-state index in [0.29, 0.717) is 23.0 Å². The Kier molecular flexibility index (Phi) is 2.61. The van der Waals surface area contributed by atoms with E-state index in [1.165, 1.54) is 6.21 Å². The summed E-state index contributed by atoms with van der Waals surface area (Å²) in [6, 6.07) is 5.62. The van der Waals surface area contributed by atoms with E-state index in [1.54, 1.807) is 18.4 Å². The molecular formula is C12H10N2O2. The zero-order valence-corrected chi connectivity index (χ0v) is 9.02. The van der Waals surface area contributed by atoms with Crippen molar-refractivity contribution < 1.29 is 8.83 Å². The van der Waals surface area contributed by atoms with Crippen molar-refractivity contribution in [3.05, 3.63) is 41.0 Å². The molecule has 80 valence electrons. The Morgan fingerprint density at radius 3 is 2.88 bits per heavy atom. The number of furan rings is 2. The first-order valence-electron chi connectivity index (χ1n) is 4.80. The van der Waals surface area contributed by atoms with Crippen molar-refractivity contribution in [2.45, 2.75) is 13.8 Å². The van der Waals surface area contributed by atoms with Crippen LogP contribution in [0.3, 0.4) is 0 Å². The lowest BCUT2D eigenvalue weighted by Gasteiger charge is -1.86. The monoisotopic (exact) mass is 214 g/mol. The molecule has 0 atom stereocenters. The van der Waals surface area contributed by atoms with Gasteiger partial charge in [0.25, 0.3) is 0 Å². The summed E-state index contributed by atoms with van der Waals surface area (Å²) in [5, 5.41) is 8.96. The molecule has 0 aliphatic carbocycles. The summed E-state index contributed by atoms with van der Waals surface area (Å²) >= 11 is 0. The molecule has 0 N–H and O–H groups in total. The molecule has 0 spiro atoms. The van der Waals surface area contributed by atoms with Crippen molar-refractivity contribution in [2.24, 2.45) is 4.99 Å².